The Kier molecular flexibility index (Phi) is 7.12. The molecule has 0 fully saturated rings. The summed E-state index contributed by atoms with van der Waals surface area (Å²) in [5, 5.41) is 11.7. The van der Waals surface area contributed by atoms with E-state index in [0.29, 0.717) is 18.8 Å². The van der Waals surface area contributed by atoms with E-state index in [-0.39, 0.29) is 24.1 Å². The van der Waals surface area contributed by atoms with Gasteiger partial charge in [0, 0.05) is 12.6 Å². The number of nitrogens with zero attached hydrogens (tertiary/aromatic N) is 5. The zero-order valence-electron chi connectivity index (χ0n) is 20.6. The molecule has 3 aromatic carbocycles. The highest BCUT2D eigenvalue weighted by atomic mass is 19.1. The van der Waals surface area contributed by atoms with Crippen molar-refractivity contribution in [2.24, 2.45) is 0 Å². The highest BCUT2D eigenvalue weighted by Crippen LogP contribution is 2.15. The zero-order valence-corrected chi connectivity index (χ0v) is 20.6. The number of amides is 1. The number of halogens is 1. The van der Waals surface area contributed by atoms with Crippen molar-refractivity contribution in [2.45, 2.75) is 19.6 Å². The third-order valence-electron chi connectivity index (χ3n) is 6.01. The zero-order chi connectivity index (χ0) is 26.5. The number of carbonyl (C=O) groups is 1. The van der Waals surface area contributed by atoms with Crippen molar-refractivity contribution >= 4 is 5.91 Å². The molecule has 5 aromatic rings. The van der Waals surface area contributed by atoms with Crippen LogP contribution in [-0.4, -0.2) is 37.1 Å². The summed E-state index contributed by atoms with van der Waals surface area (Å²) in [6, 6.07) is 24.4. The van der Waals surface area contributed by atoms with Crippen LogP contribution in [0.3, 0.4) is 0 Å². The van der Waals surface area contributed by atoms with Crippen LogP contribution in [0.4, 0.5) is 4.39 Å². The molecule has 1 amide bonds. The Labute approximate surface area is 217 Å². The minimum absolute atomic E-state index is 0.170. The first-order valence-electron chi connectivity index (χ1n) is 11.9. The fourth-order valence-corrected chi connectivity index (χ4v) is 3.96. The third kappa shape index (κ3) is 5.54. The van der Waals surface area contributed by atoms with Crippen LogP contribution in [0.1, 0.15) is 27.2 Å². The number of nitrogens with one attached hydrogen (secondary N) is 1. The summed E-state index contributed by atoms with van der Waals surface area (Å²) < 4.78 is 22.6. The van der Waals surface area contributed by atoms with Gasteiger partial charge in [0.05, 0.1) is 20.2 Å². The van der Waals surface area contributed by atoms with E-state index in [1.54, 1.807) is 30.0 Å². The molecule has 0 saturated heterocycles. The number of carbonyl (C=O) groups excluding carboxylic acids is 1. The number of methoxy groups -OCH3 is 1. The lowest BCUT2D eigenvalue weighted by molar-refractivity contribution is 0.0940. The maximum absolute atomic E-state index is 13.2. The predicted octanol–water partition coefficient (Wildman–Crippen LogP) is 3.40. The Morgan fingerprint density at radius 1 is 0.895 bits per heavy atom. The summed E-state index contributed by atoms with van der Waals surface area (Å²) in [4.78, 5) is 26.3. The summed E-state index contributed by atoms with van der Waals surface area (Å²) in [5.41, 5.74) is 2.45. The minimum Gasteiger partial charge on any atom is -0.497 e. The minimum atomic E-state index is -0.431. The van der Waals surface area contributed by atoms with Crippen LogP contribution < -0.4 is 15.7 Å². The fourth-order valence-electron chi connectivity index (χ4n) is 3.96. The molecule has 38 heavy (non-hydrogen) atoms. The molecule has 0 bridgehead atoms. The molecule has 0 spiro atoms. The van der Waals surface area contributed by atoms with E-state index in [0.717, 1.165) is 22.4 Å². The van der Waals surface area contributed by atoms with E-state index in [1.807, 2.05) is 54.6 Å². The average Bonchev–Trinajstić information content (AvgIpc) is 3.52. The van der Waals surface area contributed by atoms with Gasteiger partial charge >= 0.3 is 5.69 Å². The second-order valence-electron chi connectivity index (χ2n) is 8.63. The van der Waals surface area contributed by atoms with E-state index in [1.165, 1.54) is 27.7 Å². The molecule has 10 heteroatoms. The SMILES string of the molecule is COc1ccc(Cn2nc(-n3cnn(Cc4ccc(F)cc4)c3=O)cc2C(=O)NCc2ccccc2)cc1. The molecule has 0 aliphatic rings. The van der Waals surface area contributed by atoms with Crippen LogP contribution in [0, 0.1) is 5.82 Å². The molecule has 0 aliphatic carbocycles. The summed E-state index contributed by atoms with van der Waals surface area (Å²) >= 11 is 0. The maximum atomic E-state index is 13.2. The van der Waals surface area contributed by atoms with Gasteiger partial charge in [0.2, 0.25) is 0 Å². The van der Waals surface area contributed by atoms with Gasteiger partial charge in [-0.3, -0.25) is 9.48 Å². The monoisotopic (exact) mass is 512 g/mol. The summed E-state index contributed by atoms with van der Waals surface area (Å²) in [6.45, 7) is 0.817. The van der Waals surface area contributed by atoms with Crippen molar-refractivity contribution in [1.82, 2.24) is 29.4 Å². The fraction of sp³-hybridized carbons (Fsp3) is 0.143. The number of hydrogen-bond donors (Lipinski definition) is 1. The molecule has 192 valence electrons. The van der Waals surface area contributed by atoms with Gasteiger partial charge in [-0.2, -0.15) is 10.2 Å². The van der Waals surface area contributed by atoms with Crippen LogP contribution in [0.15, 0.2) is 96.1 Å². The topological polar surface area (TPSA) is 96.0 Å². The maximum Gasteiger partial charge on any atom is 0.351 e. The van der Waals surface area contributed by atoms with Gasteiger partial charge in [-0.25, -0.2) is 18.4 Å². The smallest absolute Gasteiger partial charge is 0.351 e. The highest BCUT2D eigenvalue weighted by molar-refractivity contribution is 5.93. The van der Waals surface area contributed by atoms with Gasteiger partial charge in [0.15, 0.2) is 5.82 Å². The second-order valence-corrected chi connectivity index (χ2v) is 8.63. The van der Waals surface area contributed by atoms with Crippen molar-refractivity contribution < 1.29 is 13.9 Å². The molecule has 0 atom stereocenters. The van der Waals surface area contributed by atoms with Crippen molar-refractivity contribution in [3.63, 3.8) is 0 Å². The third-order valence-corrected chi connectivity index (χ3v) is 6.01. The summed E-state index contributed by atoms with van der Waals surface area (Å²) in [7, 11) is 1.60. The number of rotatable bonds is 9. The molecule has 0 radical (unpaired) electrons. The molecular weight excluding hydrogens is 487 g/mol. The van der Waals surface area contributed by atoms with Crippen molar-refractivity contribution in [1.29, 1.82) is 0 Å². The molecular formula is C28H25FN6O3. The molecule has 0 unspecified atom stereocenters. The van der Waals surface area contributed by atoms with Crippen LogP contribution in [0.25, 0.3) is 5.82 Å². The largest absolute Gasteiger partial charge is 0.497 e. The first kappa shape index (κ1) is 24.7. The van der Waals surface area contributed by atoms with E-state index < -0.39 is 5.69 Å². The van der Waals surface area contributed by atoms with E-state index in [4.69, 9.17) is 4.74 Å². The second kappa shape index (κ2) is 11.0. The summed E-state index contributed by atoms with van der Waals surface area (Å²) in [6.07, 6.45) is 1.36. The van der Waals surface area contributed by atoms with Gasteiger partial charge in [-0.05, 0) is 41.0 Å². The number of ether oxygens (including phenoxy) is 1. The first-order chi connectivity index (χ1) is 18.5. The van der Waals surface area contributed by atoms with Crippen LogP contribution in [0.5, 0.6) is 5.75 Å². The van der Waals surface area contributed by atoms with E-state index >= 15 is 0 Å². The van der Waals surface area contributed by atoms with Crippen molar-refractivity contribution in [2.75, 3.05) is 7.11 Å². The molecule has 0 aliphatic heterocycles. The van der Waals surface area contributed by atoms with E-state index in [2.05, 4.69) is 15.5 Å². The lowest BCUT2D eigenvalue weighted by Gasteiger charge is -2.09. The normalized spacial score (nSPS) is 10.9. The molecule has 5 rings (SSSR count). The van der Waals surface area contributed by atoms with Gasteiger partial charge in [-0.15, -0.1) is 0 Å². The van der Waals surface area contributed by atoms with Gasteiger partial charge < -0.3 is 10.1 Å². The lowest BCUT2D eigenvalue weighted by Crippen LogP contribution is -2.26. The van der Waals surface area contributed by atoms with Crippen LogP contribution in [0.2, 0.25) is 0 Å². The van der Waals surface area contributed by atoms with Crippen LogP contribution in [-0.2, 0) is 19.6 Å². The Bertz CT molecular complexity index is 1590. The number of aromatic nitrogens is 5. The van der Waals surface area contributed by atoms with Gasteiger partial charge in [-0.1, -0.05) is 54.6 Å². The highest BCUT2D eigenvalue weighted by Gasteiger charge is 2.19. The Hall–Kier alpha value is -4.99. The van der Waals surface area contributed by atoms with Crippen molar-refractivity contribution in [3.8, 4) is 11.6 Å². The molecule has 2 aromatic heterocycles. The summed E-state index contributed by atoms with van der Waals surface area (Å²) in [5.74, 6) is 0.301. The number of benzene rings is 3. The molecule has 1 N–H and O–H groups in total. The first-order valence-corrected chi connectivity index (χ1v) is 11.9. The molecule has 9 nitrogen and oxygen atoms in total. The van der Waals surface area contributed by atoms with Gasteiger partial charge in [0.1, 0.15) is 23.6 Å². The Morgan fingerprint density at radius 3 is 2.24 bits per heavy atom. The lowest BCUT2D eigenvalue weighted by atomic mass is 10.2. The molecule has 0 saturated carbocycles. The predicted molar refractivity (Wildman–Crippen MR) is 139 cm³/mol. The van der Waals surface area contributed by atoms with Crippen LogP contribution >= 0.6 is 0 Å². The van der Waals surface area contributed by atoms with E-state index in [9.17, 15) is 14.0 Å². The van der Waals surface area contributed by atoms with Crippen molar-refractivity contribution in [3.05, 3.63) is 130 Å². The van der Waals surface area contributed by atoms with Gasteiger partial charge in [0.25, 0.3) is 5.91 Å². The quantitative estimate of drug-likeness (QED) is 0.327. The Balaban J connectivity index is 1.44. The molecule has 2 heterocycles. The Morgan fingerprint density at radius 2 is 1.55 bits per heavy atom. The number of hydrogen-bond acceptors (Lipinski definition) is 5. The average molecular weight is 513 g/mol. The standard InChI is InChI=1S/C28H25FN6O3/c1-38-24-13-9-22(10-14-24)17-34-25(27(36)30-16-20-5-3-2-4-6-20)15-26(32-34)33-19-31-35(28(33)37)18-21-7-11-23(29)12-8-21/h2-15,19H,16-18H2,1H3,(H,30,36).